The zero-order valence-electron chi connectivity index (χ0n) is 6.21. The van der Waals surface area contributed by atoms with E-state index in [-0.39, 0.29) is 12.6 Å². The third-order valence-corrected chi connectivity index (χ3v) is 3.08. The first kappa shape index (κ1) is 7.28. The number of thiophene rings is 1. The van der Waals surface area contributed by atoms with Crippen LogP contribution < -0.4 is 5.32 Å². The van der Waals surface area contributed by atoms with Crippen molar-refractivity contribution in [2.24, 2.45) is 0 Å². The van der Waals surface area contributed by atoms with E-state index in [9.17, 15) is 0 Å². The summed E-state index contributed by atoms with van der Waals surface area (Å²) in [7, 11) is 0. The average molecular weight is 169 g/mol. The first-order chi connectivity index (χ1) is 5.42. The molecule has 2 nitrogen and oxygen atoms in total. The van der Waals surface area contributed by atoms with Crippen molar-refractivity contribution in [2.75, 3.05) is 13.2 Å². The van der Waals surface area contributed by atoms with Crippen molar-refractivity contribution in [3.63, 3.8) is 0 Å². The molecule has 0 aromatic carbocycles. The monoisotopic (exact) mass is 169 g/mol. The predicted molar refractivity (Wildman–Crippen MR) is 45.9 cm³/mol. The molecule has 1 aliphatic rings. The van der Waals surface area contributed by atoms with E-state index in [0.29, 0.717) is 0 Å². The van der Waals surface area contributed by atoms with Gasteiger partial charge in [-0.25, -0.2) is 0 Å². The lowest BCUT2D eigenvalue weighted by Crippen LogP contribution is -2.30. The molecule has 0 saturated heterocycles. The molecule has 0 saturated carbocycles. The highest BCUT2D eigenvalue weighted by Crippen LogP contribution is 2.26. The number of aliphatic hydroxyl groups is 1. The molecule has 0 amide bonds. The summed E-state index contributed by atoms with van der Waals surface area (Å²) in [5.41, 5.74) is 1.30. The van der Waals surface area contributed by atoms with Crippen LogP contribution in [0, 0.1) is 0 Å². The molecule has 0 aliphatic carbocycles. The number of hydrogen-bond donors (Lipinski definition) is 2. The Kier molecular flexibility index (Phi) is 1.94. The SMILES string of the molecule is OC[C@H]1NCCc2sccc21. The standard InChI is InChI=1S/C8H11NOS/c10-5-7-6-2-4-11-8(6)1-3-9-7/h2,4,7,9-10H,1,3,5H2/t7-/m1/s1. The van der Waals surface area contributed by atoms with Crippen LogP contribution in [-0.4, -0.2) is 18.3 Å². The van der Waals surface area contributed by atoms with Gasteiger partial charge in [-0.1, -0.05) is 0 Å². The minimum atomic E-state index is 0.185. The Morgan fingerprint density at radius 1 is 1.73 bits per heavy atom. The lowest BCUT2D eigenvalue weighted by Gasteiger charge is -2.21. The minimum absolute atomic E-state index is 0.185. The molecule has 0 bridgehead atoms. The second-order valence-corrected chi connectivity index (χ2v) is 3.74. The van der Waals surface area contributed by atoms with Gasteiger partial charge in [-0.05, 0) is 23.4 Å². The van der Waals surface area contributed by atoms with Crippen LogP contribution in [0.3, 0.4) is 0 Å². The summed E-state index contributed by atoms with van der Waals surface area (Å²) in [4.78, 5) is 1.43. The molecule has 1 atom stereocenters. The third kappa shape index (κ3) is 1.20. The summed E-state index contributed by atoms with van der Waals surface area (Å²) in [6.45, 7) is 1.21. The Labute approximate surface area is 69.9 Å². The van der Waals surface area contributed by atoms with E-state index in [1.807, 2.05) is 0 Å². The van der Waals surface area contributed by atoms with Crippen LogP contribution in [-0.2, 0) is 6.42 Å². The zero-order valence-corrected chi connectivity index (χ0v) is 7.03. The molecule has 0 unspecified atom stereocenters. The first-order valence-corrected chi connectivity index (χ1v) is 4.70. The number of hydrogen-bond acceptors (Lipinski definition) is 3. The highest BCUT2D eigenvalue weighted by atomic mass is 32.1. The van der Waals surface area contributed by atoms with Gasteiger partial charge < -0.3 is 10.4 Å². The van der Waals surface area contributed by atoms with Crippen molar-refractivity contribution in [3.8, 4) is 0 Å². The van der Waals surface area contributed by atoms with Crippen LogP contribution in [0.5, 0.6) is 0 Å². The molecule has 2 heterocycles. The molecular formula is C8H11NOS. The number of rotatable bonds is 1. The minimum Gasteiger partial charge on any atom is -0.394 e. The Morgan fingerprint density at radius 3 is 3.45 bits per heavy atom. The lowest BCUT2D eigenvalue weighted by atomic mass is 10.0. The van der Waals surface area contributed by atoms with Gasteiger partial charge in [0.05, 0.1) is 12.6 Å². The predicted octanol–water partition coefficient (Wildman–Crippen LogP) is 0.927. The van der Waals surface area contributed by atoms with Crippen molar-refractivity contribution in [3.05, 3.63) is 21.9 Å². The highest BCUT2D eigenvalue weighted by molar-refractivity contribution is 7.10. The van der Waals surface area contributed by atoms with E-state index in [2.05, 4.69) is 16.8 Å². The number of nitrogens with one attached hydrogen (secondary N) is 1. The van der Waals surface area contributed by atoms with Crippen LogP contribution in [0.15, 0.2) is 11.4 Å². The Hall–Kier alpha value is -0.380. The van der Waals surface area contributed by atoms with Crippen LogP contribution >= 0.6 is 11.3 Å². The first-order valence-electron chi connectivity index (χ1n) is 3.82. The zero-order chi connectivity index (χ0) is 7.68. The highest BCUT2D eigenvalue weighted by Gasteiger charge is 2.18. The van der Waals surface area contributed by atoms with E-state index < -0.39 is 0 Å². The summed E-state index contributed by atoms with van der Waals surface area (Å²) in [6, 6.07) is 2.29. The second kappa shape index (κ2) is 2.93. The molecule has 1 aromatic heterocycles. The van der Waals surface area contributed by atoms with Gasteiger partial charge in [-0.15, -0.1) is 11.3 Å². The normalized spacial score (nSPS) is 23.2. The van der Waals surface area contributed by atoms with Gasteiger partial charge in [-0.2, -0.15) is 0 Å². The molecule has 2 rings (SSSR count). The molecule has 0 spiro atoms. The summed E-state index contributed by atoms with van der Waals surface area (Å²) < 4.78 is 0. The van der Waals surface area contributed by atoms with E-state index in [0.717, 1.165) is 13.0 Å². The van der Waals surface area contributed by atoms with Gasteiger partial charge in [0.15, 0.2) is 0 Å². The molecule has 0 fully saturated rings. The van der Waals surface area contributed by atoms with Crippen molar-refractivity contribution >= 4 is 11.3 Å². The van der Waals surface area contributed by atoms with Crippen molar-refractivity contribution < 1.29 is 5.11 Å². The molecule has 11 heavy (non-hydrogen) atoms. The molecule has 3 heteroatoms. The van der Waals surface area contributed by atoms with Gasteiger partial charge in [0.2, 0.25) is 0 Å². The fourth-order valence-electron chi connectivity index (χ4n) is 1.50. The largest absolute Gasteiger partial charge is 0.394 e. The fourth-order valence-corrected chi connectivity index (χ4v) is 2.44. The van der Waals surface area contributed by atoms with Gasteiger partial charge >= 0.3 is 0 Å². The van der Waals surface area contributed by atoms with E-state index in [1.54, 1.807) is 11.3 Å². The average Bonchev–Trinajstić information content (AvgIpc) is 2.50. The summed E-state index contributed by atoms with van der Waals surface area (Å²) in [5.74, 6) is 0. The Balaban J connectivity index is 2.32. The second-order valence-electron chi connectivity index (χ2n) is 2.74. The number of aliphatic hydroxyl groups excluding tert-OH is 1. The maximum Gasteiger partial charge on any atom is 0.0626 e. The van der Waals surface area contributed by atoms with Crippen LogP contribution in [0.25, 0.3) is 0 Å². The van der Waals surface area contributed by atoms with Crippen molar-refractivity contribution in [1.82, 2.24) is 5.32 Å². The molecule has 60 valence electrons. The quantitative estimate of drug-likeness (QED) is 0.655. The van der Waals surface area contributed by atoms with E-state index in [4.69, 9.17) is 5.11 Å². The molecule has 1 aliphatic heterocycles. The van der Waals surface area contributed by atoms with Gasteiger partial charge in [0, 0.05) is 11.4 Å². The molecular weight excluding hydrogens is 158 g/mol. The Morgan fingerprint density at radius 2 is 2.64 bits per heavy atom. The maximum absolute atomic E-state index is 9.00. The van der Waals surface area contributed by atoms with Crippen LogP contribution in [0.4, 0.5) is 0 Å². The van der Waals surface area contributed by atoms with Gasteiger partial charge in [0.25, 0.3) is 0 Å². The topological polar surface area (TPSA) is 32.3 Å². The smallest absolute Gasteiger partial charge is 0.0626 e. The summed E-state index contributed by atoms with van der Waals surface area (Å²) >= 11 is 1.79. The van der Waals surface area contributed by atoms with Gasteiger partial charge in [-0.3, -0.25) is 0 Å². The summed E-state index contributed by atoms with van der Waals surface area (Å²) in [5, 5.41) is 14.4. The molecule has 0 radical (unpaired) electrons. The summed E-state index contributed by atoms with van der Waals surface area (Å²) in [6.07, 6.45) is 1.11. The van der Waals surface area contributed by atoms with Crippen molar-refractivity contribution in [2.45, 2.75) is 12.5 Å². The lowest BCUT2D eigenvalue weighted by molar-refractivity contribution is 0.241. The van der Waals surface area contributed by atoms with Gasteiger partial charge in [0.1, 0.15) is 0 Å². The third-order valence-electron chi connectivity index (χ3n) is 2.08. The fraction of sp³-hybridized carbons (Fsp3) is 0.500. The molecule has 2 N–H and O–H groups in total. The number of fused-ring (bicyclic) bond motifs is 1. The van der Waals surface area contributed by atoms with Crippen LogP contribution in [0.1, 0.15) is 16.5 Å². The van der Waals surface area contributed by atoms with E-state index in [1.165, 1.54) is 10.4 Å². The van der Waals surface area contributed by atoms with E-state index >= 15 is 0 Å². The Bertz CT molecular complexity index is 246. The van der Waals surface area contributed by atoms with Crippen molar-refractivity contribution in [1.29, 1.82) is 0 Å². The maximum atomic E-state index is 9.00. The van der Waals surface area contributed by atoms with Crippen LogP contribution in [0.2, 0.25) is 0 Å². The molecule has 1 aromatic rings.